The Morgan fingerprint density at radius 1 is 0.938 bits per heavy atom. The molecule has 5 N–H and O–H groups in total. The molecule has 2 bridgehead atoms. The second-order valence-electron chi connectivity index (χ2n) is 14.6. The second kappa shape index (κ2) is 15.7. The van der Waals surface area contributed by atoms with Crippen LogP contribution in [0.2, 0.25) is 0 Å². The normalized spacial score (nSPS) is 25.1. The Hall–Kier alpha value is -2.98. The third kappa shape index (κ3) is 8.07. The van der Waals surface area contributed by atoms with Crippen molar-refractivity contribution in [3.8, 4) is 11.5 Å². The summed E-state index contributed by atoms with van der Waals surface area (Å²) in [6.45, 7) is 7.72. The molecule has 1 saturated carbocycles. The van der Waals surface area contributed by atoms with Crippen molar-refractivity contribution in [3.63, 3.8) is 0 Å². The van der Waals surface area contributed by atoms with Crippen LogP contribution in [-0.2, 0) is 16.9 Å². The first-order chi connectivity index (χ1) is 23.3. The Morgan fingerprint density at radius 3 is 2.35 bits per heavy atom. The number of rotatable bonds is 16. The Balaban J connectivity index is 0.951. The Bertz CT molecular complexity index is 1440. The zero-order valence-corrected chi connectivity index (χ0v) is 28.5. The summed E-state index contributed by atoms with van der Waals surface area (Å²) in [7, 11) is 0. The first-order valence-electron chi connectivity index (χ1n) is 18.1. The molecule has 0 aromatic heterocycles. The van der Waals surface area contributed by atoms with Crippen molar-refractivity contribution >= 4 is 0 Å². The number of aromatic hydroxyl groups is 1. The van der Waals surface area contributed by atoms with Gasteiger partial charge in [-0.05, 0) is 66.6 Å². The first kappa shape index (κ1) is 34.9. The van der Waals surface area contributed by atoms with Gasteiger partial charge in [0.25, 0.3) is 0 Å². The molecule has 1 aliphatic carbocycles. The van der Waals surface area contributed by atoms with E-state index in [0.29, 0.717) is 36.8 Å². The van der Waals surface area contributed by atoms with Crippen molar-refractivity contribution in [1.82, 2.24) is 5.32 Å². The van der Waals surface area contributed by atoms with Gasteiger partial charge in [0, 0.05) is 43.3 Å². The van der Waals surface area contributed by atoms with Gasteiger partial charge in [-0.3, -0.25) is 0 Å². The fraction of sp³-hybridized carbons (Fsp3) is 0.550. The van der Waals surface area contributed by atoms with E-state index in [-0.39, 0.29) is 30.4 Å². The standard InChI is InChI=1S/C40H54N2O6/c1-29(41-25-38(45)32-14-17-37(44)33(24-32)27-43)30-12-15-36(16-13-30)47-23-7-20-42-21-18-31(19-22-42)39(26-42)48-28-40(46,35-10-5-6-11-35)34-8-3-2-4-9-34/h2-4,8-9,12-17,24,29,31,35,38-39,41,43,45-46H,5-7,10-11,18-23,25-28H2,1H3/p+1/t29-,31?,38-,39-,40+,42?/m0/s1. The molecule has 0 amide bonds. The number of benzene rings is 3. The van der Waals surface area contributed by atoms with Crippen LogP contribution in [0.4, 0.5) is 0 Å². The highest BCUT2D eigenvalue weighted by atomic mass is 16.5. The van der Waals surface area contributed by atoms with E-state index in [1.54, 1.807) is 12.1 Å². The Morgan fingerprint density at radius 2 is 1.65 bits per heavy atom. The highest BCUT2D eigenvalue weighted by molar-refractivity contribution is 5.36. The molecular formula is C40H55N2O6+. The number of nitrogens with zero attached hydrogens (tertiary/aromatic N) is 1. The average Bonchev–Trinajstić information content (AvgIpc) is 3.69. The van der Waals surface area contributed by atoms with Crippen LogP contribution in [0.15, 0.2) is 72.8 Å². The van der Waals surface area contributed by atoms with E-state index in [9.17, 15) is 20.4 Å². The highest BCUT2D eigenvalue weighted by Gasteiger charge is 2.48. The van der Waals surface area contributed by atoms with Gasteiger partial charge < -0.3 is 39.7 Å². The Labute approximate surface area is 285 Å². The van der Waals surface area contributed by atoms with Gasteiger partial charge in [-0.25, -0.2) is 0 Å². The minimum absolute atomic E-state index is 0.0259. The average molecular weight is 660 g/mol. The summed E-state index contributed by atoms with van der Waals surface area (Å²) in [5.41, 5.74) is 2.24. The maximum absolute atomic E-state index is 12.0. The van der Waals surface area contributed by atoms with Gasteiger partial charge in [-0.15, -0.1) is 0 Å². The van der Waals surface area contributed by atoms with Gasteiger partial charge in [0.2, 0.25) is 0 Å². The van der Waals surface area contributed by atoms with Gasteiger partial charge in [0.1, 0.15) is 29.7 Å². The summed E-state index contributed by atoms with van der Waals surface area (Å²) in [4.78, 5) is 0. The SMILES string of the molecule is C[C@H](NC[C@H](O)c1ccc(O)c(CO)c1)c1ccc(OCCC[N+]23CCC(CC2)[C@@H](OC[C@@](O)(c2ccccc2)C2CCCC2)C3)cc1. The summed E-state index contributed by atoms with van der Waals surface area (Å²) in [5, 5.41) is 45.2. The number of ether oxygens (including phenoxy) is 2. The number of fused-ring (bicyclic) bond motifs is 3. The molecule has 8 heteroatoms. The zero-order valence-electron chi connectivity index (χ0n) is 28.5. The van der Waals surface area contributed by atoms with Gasteiger partial charge >= 0.3 is 0 Å². The third-order valence-electron chi connectivity index (χ3n) is 11.6. The van der Waals surface area contributed by atoms with Crippen LogP contribution >= 0.6 is 0 Å². The van der Waals surface area contributed by atoms with Crippen LogP contribution in [0.3, 0.4) is 0 Å². The number of hydrogen-bond acceptors (Lipinski definition) is 7. The number of quaternary nitrogens is 1. The molecule has 4 aliphatic rings. The predicted molar refractivity (Wildman–Crippen MR) is 186 cm³/mol. The van der Waals surface area contributed by atoms with Crippen molar-refractivity contribution in [2.75, 3.05) is 45.9 Å². The smallest absolute Gasteiger partial charge is 0.121 e. The maximum atomic E-state index is 12.0. The number of aliphatic hydroxyl groups is 3. The van der Waals surface area contributed by atoms with E-state index < -0.39 is 11.7 Å². The molecule has 8 nitrogen and oxygen atoms in total. The largest absolute Gasteiger partial charge is 0.508 e. The lowest BCUT2D eigenvalue weighted by atomic mass is 9.80. The fourth-order valence-electron chi connectivity index (χ4n) is 8.43. The lowest BCUT2D eigenvalue weighted by molar-refractivity contribution is -0.946. The summed E-state index contributed by atoms with van der Waals surface area (Å²) < 4.78 is 14.0. The molecule has 4 fully saturated rings. The number of hydrogen-bond donors (Lipinski definition) is 5. The number of piperidine rings is 3. The molecule has 3 aromatic carbocycles. The van der Waals surface area contributed by atoms with Crippen LogP contribution in [0, 0.1) is 11.8 Å². The molecule has 3 aliphatic heterocycles. The van der Waals surface area contributed by atoms with E-state index in [1.165, 1.54) is 44.8 Å². The molecule has 0 spiro atoms. The maximum Gasteiger partial charge on any atom is 0.121 e. The number of aliphatic hydroxyl groups excluding tert-OH is 2. The molecule has 7 rings (SSSR count). The van der Waals surface area contributed by atoms with Crippen molar-refractivity contribution < 1.29 is 34.4 Å². The summed E-state index contributed by atoms with van der Waals surface area (Å²) in [6.07, 6.45) is 7.35. The molecule has 48 heavy (non-hydrogen) atoms. The van der Waals surface area contributed by atoms with Gasteiger partial charge in [0.05, 0.1) is 45.6 Å². The van der Waals surface area contributed by atoms with Crippen LogP contribution in [-0.4, -0.2) is 77.0 Å². The van der Waals surface area contributed by atoms with E-state index in [4.69, 9.17) is 9.47 Å². The van der Waals surface area contributed by atoms with Crippen molar-refractivity contribution in [2.24, 2.45) is 11.8 Å². The van der Waals surface area contributed by atoms with Gasteiger partial charge in [-0.2, -0.15) is 0 Å². The Kier molecular flexibility index (Phi) is 11.4. The van der Waals surface area contributed by atoms with Gasteiger partial charge in [-0.1, -0.05) is 61.4 Å². The van der Waals surface area contributed by atoms with E-state index in [0.717, 1.165) is 53.7 Å². The molecule has 0 radical (unpaired) electrons. The molecule has 4 atom stereocenters. The quantitative estimate of drug-likeness (QED) is 0.0986. The van der Waals surface area contributed by atoms with E-state index in [1.807, 2.05) is 30.3 Å². The van der Waals surface area contributed by atoms with Crippen molar-refractivity contribution in [2.45, 2.75) is 82.3 Å². The van der Waals surface area contributed by atoms with Gasteiger partial charge in [0.15, 0.2) is 0 Å². The predicted octanol–water partition coefficient (Wildman–Crippen LogP) is 5.74. The molecule has 3 heterocycles. The lowest BCUT2D eigenvalue weighted by Crippen LogP contribution is -2.65. The van der Waals surface area contributed by atoms with Crippen LogP contribution < -0.4 is 10.1 Å². The topological polar surface area (TPSA) is 111 Å². The molecule has 0 unspecified atom stereocenters. The monoisotopic (exact) mass is 659 g/mol. The minimum atomic E-state index is -0.911. The number of phenols is 1. The molecular weight excluding hydrogens is 604 g/mol. The van der Waals surface area contributed by atoms with Crippen LogP contribution in [0.1, 0.15) is 86.3 Å². The summed E-state index contributed by atoms with van der Waals surface area (Å²) >= 11 is 0. The van der Waals surface area contributed by atoms with Crippen molar-refractivity contribution in [1.29, 1.82) is 0 Å². The third-order valence-corrected chi connectivity index (χ3v) is 11.6. The first-order valence-corrected chi connectivity index (χ1v) is 18.1. The van der Waals surface area contributed by atoms with E-state index >= 15 is 0 Å². The zero-order chi connectivity index (χ0) is 33.6. The van der Waals surface area contributed by atoms with Crippen LogP contribution in [0.5, 0.6) is 11.5 Å². The highest BCUT2D eigenvalue weighted by Crippen LogP contribution is 2.42. The molecule has 3 aromatic rings. The fourth-order valence-corrected chi connectivity index (χ4v) is 8.43. The van der Waals surface area contributed by atoms with E-state index in [2.05, 4.69) is 36.5 Å². The van der Waals surface area contributed by atoms with Crippen molar-refractivity contribution in [3.05, 3.63) is 95.1 Å². The minimum Gasteiger partial charge on any atom is -0.508 e. The molecule has 3 saturated heterocycles. The summed E-state index contributed by atoms with van der Waals surface area (Å²) in [6, 6.07) is 23.2. The van der Waals surface area contributed by atoms with Crippen LogP contribution in [0.25, 0.3) is 0 Å². The lowest BCUT2D eigenvalue weighted by Gasteiger charge is -2.53. The second-order valence-corrected chi connectivity index (χ2v) is 14.6. The number of nitrogens with one attached hydrogen (secondary N) is 1. The summed E-state index contributed by atoms with van der Waals surface area (Å²) in [5.74, 6) is 1.74. The molecule has 260 valence electrons.